The molecule has 17 heavy (non-hydrogen) atoms. The fraction of sp³-hybridized carbons (Fsp3) is 0.286. The molecule has 0 aliphatic rings. The van der Waals surface area contributed by atoms with Crippen LogP contribution in [0.3, 0.4) is 0 Å². The van der Waals surface area contributed by atoms with Crippen molar-refractivity contribution in [3.05, 3.63) is 47.4 Å². The van der Waals surface area contributed by atoms with E-state index in [0.717, 1.165) is 28.3 Å². The third-order valence-corrected chi connectivity index (χ3v) is 2.96. The number of nitrogens with one attached hydrogen (secondary N) is 1. The van der Waals surface area contributed by atoms with Crippen molar-refractivity contribution in [3.8, 4) is 11.1 Å². The summed E-state index contributed by atoms with van der Waals surface area (Å²) in [7, 11) is 0. The van der Waals surface area contributed by atoms with Crippen LogP contribution in [0, 0.1) is 0 Å². The van der Waals surface area contributed by atoms with Gasteiger partial charge in [0.2, 0.25) is 0 Å². The number of benzene rings is 1. The number of furan rings is 1. The standard InChI is InChI=1S/C14H16ClNO/c1-10(2)16-8-12-4-3-11(7-14(12)15)13-5-6-17-9-13/h3-7,9-10,16H,8H2,1-2H3. The highest BCUT2D eigenvalue weighted by molar-refractivity contribution is 6.31. The predicted octanol–water partition coefficient (Wildman–Crippen LogP) is 4.10. The normalized spacial score (nSPS) is 11.1. The van der Waals surface area contributed by atoms with Gasteiger partial charge in [0.15, 0.2) is 0 Å². The molecule has 0 radical (unpaired) electrons. The van der Waals surface area contributed by atoms with Crippen LogP contribution in [0.15, 0.2) is 41.2 Å². The Hall–Kier alpha value is -1.25. The molecule has 2 rings (SSSR count). The maximum atomic E-state index is 6.26. The summed E-state index contributed by atoms with van der Waals surface area (Å²) in [5, 5.41) is 4.14. The quantitative estimate of drug-likeness (QED) is 0.883. The van der Waals surface area contributed by atoms with Crippen molar-refractivity contribution < 1.29 is 4.42 Å². The third kappa shape index (κ3) is 3.11. The summed E-state index contributed by atoms with van der Waals surface area (Å²) in [5.74, 6) is 0. The highest BCUT2D eigenvalue weighted by Crippen LogP contribution is 2.25. The van der Waals surface area contributed by atoms with Crippen LogP contribution in [0.5, 0.6) is 0 Å². The van der Waals surface area contributed by atoms with Gasteiger partial charge in [-0.1, -0.05) is 37.6 Å². The molecular weight excluding hydrogens is 234 g/mol. The van der Waals surface area contributed by atoms with Gasteiger partial charge in [-0.3, -0.25) is 0 Å². The zero-order chi connectivity index (χ0) is 12.3. The molecule has 1 aromatic heterocycles. The molecule has 0 unspecified atom stereocenters. The Kier molecular flexibility index (Phi) is 3.87. The van der Waals surface area contributed by atoms with Crippen molar-refractivity contribution in [3.63, 3.8) is 0 Å². The highest BCUT2D eigenvalue weighted by Gasteiger charge is 2.05. The van der Waals surface area contributed by atoms with Crippen LogP contribution in [-0.4, -0.2) is 6.04 Å². The minimum Gasteiger partial charge on any atom is -0.472 e. The summed E-state index contributed by atoms with van der Waals surface area (Å²) in [4.78, 5) is 0. The first-order valence-corrected chi connectivity index (χ1v) is 6.09. The van der Waals surface area contributed by atoms with Gasteiger partial charge in [-0.25, -0.2) is 0 Å². The van der Waals surface area contributed by atoms with Crippen LogP contribution in [0.25, 0.3) is 11.1 Å². The van der Waals surface area contributed by atoms with E-state index < -0.39 is 0 Å². The zero-order valence-corrected chi connectivity index (χ0v) is 10.8. The van der Waals surface area contributed by atoms with Crippen LogP contribution >= 0.6 is 11.6 Å². The van der Waals surface area contributed by atoms with Crippen molar-refractivity contribution in [2.45, 2.75) is 26.4 Å². The summed E-state index contributed by atoms with van der Waals surface area (Å²) >= 11 is 6.26. The lowest BCUT2D eigenvalue weighted by molar-refractivity contribution is 0.568. The summed E-state index contributed by atoms with van der Waals surface area (Å²) < 4.78 is 5.06. The molecule has 0 spiro atoms. The van der Waals surface area contributed by atoms with Gasteiger partial charge in [-0.15, -0.1) is 0 Å². The van der Waals surface area contributed by atoms with Gasteiger partial charge in [-0.2, -0.15) is 0 Å². The fourth-order valence-corrected chi connectivity index (χ4v) is 1.86. The predicted molar refractivity (Wildman–Crippen MR) is 71.1 cm³/mol. The molecule has 3 heteroatoms. The van der Waals surface area contributed by atoms with E-state index in [1.54, 1.807) is 12.5 Å². The molecule has 0 bridgehead atoms. The van der Waals surface area contributed by atoms with E-state index in [4.69, 9.17) is 16.0 Å². The van der Waals surface area contributed by atoms with Gasteiger partial charge >= 0.3 is 0 Å². The van der Waals surface area contributed by atoms with E-state index in [0.29, 0.717) is 6.04 Å². The molecule has 0 fully saturated rings. The molecule has 1 N–H and O–H groups in total. The van der Waals surface area contributed by atoms with Gasteiger partial charge in [0.25, 0.3) is 0 Å². The Morgan fingerprint density at radius 1 is 1.24 bits per heavy atom. The molecule has 0 amide bonds. The Morgan fingerprint density at radius 3 is 2.65 bits per heavy atom. The molecule has 0 atom stereocenters. The number of hydrogen-bond acceptors (Lipinski definition) is 2. The van der Waals surface area contributed by atoms with Crippen LogP contribution in [0.4, 0.5) is 0 Å². The monoisotopic (exact) mass is 249 g/mol. The molecule has 90 valence electrons. The Bertz CT molecular complexity index is 477. The number of halogens is 1. The zero-order valence-electron chi connectivity index (χ0n) is 10.0. The summed E-state index contributed by atoms with van der Waals surface area (Å²) in [6.45, 7) is 5.03. The molecule has 0 aliphatic heterocycles. The lowest BCUT2D eigenvalue weighted by Gasteiger charge is -2.10. The van der Waals surface area contributed by atoms with Crippen molar-refractivity contribution in [1.29, 1.82) is 0 Å². The lowest BCUT2D eigenvalue weighted by Crippen LogP contribution is -2.21. The summed E-state index contributed by atoms with van der Waals surface area (Å²) in [6.07, 6.45) is 3.38. The van der Waals surface area contributed by atoms with Crippen LogP contribution < -0.4 is 5.32 Å². The molecule has 1 heterocycles. The minimum atomic E-state index is 0.458. The largest absolute Gasteiger partial charge is 0.472 e. The van der Waals surface area contributed by atoms with Crippen molar-refractivity contribution in [1.82, 2.24) is 5.32 Å². The average Bonchev–Trinajstić information content (AvgIpc) is 2.80. The van der Waals surface area contributed by atoms with Gasteiger partial charge in [-0.05, 0) is 23.3 Å². The van der Waals surface area contributed by atoms with Crippen molar-refractivity contribution in [2.75, 3.05) is 0 Å². The van der Waals surface area contributed by atoms with Gasteiger partial charge in [0.05, 0.1) is 12.5 Å². The second-order valence-corrected chi connectivity index (χ2v) is 4.76. The molecule has 1 aromatic carbocycles. The molecule has 0 saturated heterocycles. The maximum Gasteiger partial charge on any atom is 0.0980 e. The molecule has 0 saturated carbocycles. The first kappa shape index (κ1) is 12.2. The van der Waals surface area contributed by atoms with Gasteiger partial charge < -0.3 is 9.73 Å². The molecule has 2 aromatic rings. The Labute approximate surface area is 107 Å². The topological polar surface area (TPSA) is 25.2 Å². The minimum absolute atomic E-state index is 0.458. The van der Waals surface area contributed by atoms with Gasteiger partial charge in [0.1, 0.15) is 0 Å². The highest BCUT2D eigenvalue weighted by atomic mass is 35.5. The van der Waals surface area contributed by atoms with E-state index in [-0.39, 0.29) is 0 Å². The van der Waals surface area contributed by atoms with Crippen molar-refractivity contribution in [2.24, 2.45) is 0 Å². The molecule has 2 nitrogen and oxygen atoms in total. The van der Waals surface area contributed by atoms with E-state index in [1.807, 2.05) is 12.1 Å². The number of hydrogen-bond donors (Lipinski definition) is 1. The number of rotatable bonds is 4. The smallest absolute Gasteiger partial charge is 0.0980 e. The van der Waals surface area contributed by atoms with Crippen molar-refractivity contribution >= 4 is 11.6 Å². The first-order chi connectivity index (χ1) is 8.16. The van der Waals surface area contributed by atoms with E-state index in [2.05, 4.69) is 31.3 Å². The third-order valence-electron chi connectivity index (χ3n) is 2.61. The fourth-order valence-electron chi connectivity index (χ4n) is 1.61. The van der Waals surface area contributed by atoms with E-state index in [1.165, 1.54) is 0 Å². The SMILES string of the molecule is CC(C)NCc1ccc(-c2ccoc2)cc1Cl. The Balaban J connectivity index is 2.17. The van der Waals surface area contributed by atoms with Crippen LogP contribution in [0.1, 0.15) is 19.4 Å². The second-order valence-electron chi connectivity index (χ2n) is 4.35. The van der Waals surface area contributed by atoms with Crippen LogP contribution in [0.2, 0.25) is 5.02 Å². The first-order valence-electron chi connectivity index (χ1n) is 5.71. The second kappa shape index (κ2) is 5.39. The molecular formula is C14H16ClNO. The lowest BCUT2D eigenvalue weighted by atomic mass is 10.1. The average molecular weight is 250 g/mol. The Morgan fingerprint density at radius 2 is 2.06 bits per heavy atom. The summed E-state index contributed by atoms with van der Waals surface area (Å²) in [6, 6.07) is 8.48. The van der Waals surface area contributed by atoms with E-state index in [9.17, 15) is 0 Å². The summed E-state index contributed by atoms with van der Waals surface area (Å²) in [5.41, 5.74) is 3.25. The maximum absolute atomic E-state index is 6.26. The van der Waals surface area contributed by atoms with E-state index >= 15 is 0 Å². The van der Waals surface area contributed by atoms with Gasteiger partial charge in [0, 0.05) is 23.2 Å². The molecule has 0 aliphatic carbocycles. The van der Waals surface area contributed by atoms with Crippen LogP contribution in [-0.2, 0) is 6.54 Å².